The fourth-order valence-electron chi connectivity index (χ4n) is 3.55. The number of sulfonamides is 1. The van der Waals surface area contributed by atoms with Crippen molar-refractivity contribution in [3.05, 3.63) is 34.6 Å². The first-order valence-electron chi connectivity index (χ1n) is 10.1. The Kier molecular flexibility index (Phi) is 6.47. The molecule has 0 atom stereocenters. The minimum absolute atomic E-state index is 0.0872. The molecule has 1 aliphatic rings. The van der Waals surface area contributed by atoms with E-state index in [4.69, 9.17) is 0 Å². The van der Waals surface area contributed by atoms with Crippen molar-refractivity contribution in [2.45, 2.75) is 32.1 Å². The molecular formula is C20H29N5O4S. The normalized spacial score (nSPS) is 15.7. The maximum Gasteiger partial charge on any atom is 0.293 e. The van der Waals surface area contributed by atoms with Gasteiger partial charge in [-0.05, 0) is 26.0 Å². The molecule has 0 aliphatic carbocycles. The highest BCUT2D eigenvalue weighted by Gasteiger charge is 2.30. The highest BCUT2D eigenvalue weighted by Crippen LogP contribution is 2.15. The SMILES string of the molecule is CC(C)S(=O)(=O)N1CCN(C(=O)CCn2c(=O)c(N(C)C)nc3ccccc32)CC1. The smallest absolute Gasteiger partial charge is 0.293 e. The summed E-state index contributed by atoms with van der Waals surface area (Å²) in [6, 6.07) is 7.36. The second kappa shape index (κ2) is 8.73. The van der Waals surface area contributed by atoms with Gasteiger partial charge in [-0.1, -0.05) is 12.1 Å². The second-order valence-electron chi connectivity index (χ2n) is 7.90. The van der Waals surface area contributed by atoms with Gasteiger partial charge in [0.1, 0.15) is 0 Å². The molecule has 164 valence electrons. The number of aryl methyl sites for hydroxylation is 1. The van der Waals surface area contributed by atoms with Crippen molar-refractivity contribution >= 4 is 32.8 Å². The highest BCUT2D eigenvalue weighted by molar-refractivity contribution is 7.89. The molecule has 1 aromatic heterocycles. The van der Waals surface area contributed by atoms with Crippen LogP contribution in [-0.2, 0) is 21.4 Å². The van der Waals surface area contributed by atoms with E-state index in [0.29, 0.717) is 43.0 Å². The first kappa shape index (κ1) is 22.2. The third-order valence-corrected chi connectivity index (χ3v) is 7.63. The average molecular weight is 436 g/mol. The Morgan fingerprint density at radius 2 is 1.77 bits per heavy atom. The molecule has 9 nitrogen and oxygen atoms in total. The summed E-state index contributed by atoms with van der Waals surface area (Å²) >= 11 is 0. The van der Waals surface area contributed by atoms with Gasteiger partial charge in [-0.25, -0.2) is 13.4 Å². The van der Waals surface area contributed by atoms with Crippen molar-refractivity contribution in [3.8, 4) is 0 Å². The Balaban J connectivity index is 1.72. The van der Waals surface area contributed by atoms with Gasteiger partial charge in [-0.15, -0.1) is 0 Å². The van der Waals surface area contributed by atoms with Crippen LogP contribution in [0.25, 0.3) is 11.0 Å². The molecule has 1 saturated heterocycles. The van der Waals surface area contributed by atoms with Gasteiger partial charge in [0.25, 0.3) is 5.56 Å². The molecule has 0 unspecified atom stereocenters. The van der Waals surface area contributed by atoms with Gasteiger partial charge in [0.05, 0.1) is 16.3 Å². The van der Waals surface area contributed by atoms with E-state index in [2.05, 4.69) is 4.98 Å². The number of anilines is 1. The van der Waals surface area contributed by atoms with E-state index >= 15 is 0 Å². The van der Waals surface area contributed by atoms with E-state index in [-0.39, 0.29) is 24.4 Å². The lowest BCUT2D eigenvalue weighted by atomic mass is 10.2. The molecule has 10 heteroatoms. The van der Waals surface area contributed by atoms with E-state index in [1.165, 1.54) is 4.31 Å². The Morgan fingerprint density at radius 3 is 2.37 bits per heavy atom. The molecule has 2 aromatic rings. The van der Waals surface area contributed by atoms with E-state index in [0.717, 1.165) is 0 Å². The van der Waals surface area contributed by atoms with Crippen LogP contribution in [0.1, 0.15) is 20.3 Å². The summed E-state index contributed by atoms with van der Waals surface area (Å²) in [6.07, 6.45) is 0.164. The Labute approximate surface area is 176 Å². The van der Waals surface area contributed by atoms with Crippen LogP contribution in [0.4, 0.5) is 5.82 Å². The number of amides is 1. The first-order chi connectivity index (χ1) is 14.1. The molecule has 1 aliphatic heterocycles. The van der Waals surface area contributed by atoms with Gasteiger partial charge in [0.15, 0.2) is 5.82 Å². The molecule has 0 saturated carbocycles. The van der Waals surface area contributed by atoms with E-state index in [1.54, 1.807) is 42.3 Å². The van der Waals surface area contributed by atoms with E-state index in [9.17, 15) is 18.0 Å². The molecule has 0 spiro atoms. The molecular weight excluding hydrogens is 406 g/mol. The molecule has 2 heterocycles. The van der Waals surface area contributed by atoms with Gasteiger partial charge < -0.3 is 14.4 Å². The van der Waals surface area contributed by atoms with Crippen molar-refractivity contribution in [2.24, 2.45) is 0 Å². The van der Waals surface area contributed by atoms with Crippen LogP contribution in [0.2, 0.25) is 0 Å². The molecule has 0 N–H and O–H groups in total. The Bertz CT molecular complexity index is 1090. The number of piperazine rings is 1. The number of para-hydroxylation sites is 2. The lowest BCUT2D eigenvalue weighted by molar-refractivity contribution is -0.132. The van der Waals surface area contributed by atoms with Crippen molar-refractivity contribution in [1.29, 1.82) is 0 Å². The third-order valence-electron chi connectivity index (χ3n) is 5.36. The van der Waals surface area contributed by atoms with Gasteiger partial charge >= 0.3 is 0 Å². The molecule has 1 amide bonds. The fourth-order valence-corrected chi connectivity index (χ4v) is 4.82. The largest absolute Gasteiger partial charge is 0.358 e. The van der Waals surface area contributed by atoms with Crippen LogP contribution in [0.3, 0.4) is 0 Å². The maximum absolute atomic E-state index is 12.9. The van der Waals surface area contributed by atoms with Crippen LogP contribution < -0.4 is 10.5 Å². The summed E-state index contributed by atoms with van der Waals surface area (Å²) in [5.74, 6) is 0.240. The van der Waals surface area contributed by atoms with Crippen LogP contribution in [-0.4, -0.2) is 78.6 Å². The Morgan fingerprint density at radius 1 is 1.13 bits per heavy atom. The second-order valence-corrected chi connectivity index (χ2v) is 10.4. The quantitative estimate of drug-likeness (QED) is 0.664. The topological polar surface area (TPSA) is 95.8 Å². The Hall–Kier alpha value is -2.46. The van der Waals surface area contributed by atoms with Crippen molar-refractivity contribution in [1.82, 2.24) is 18.8 Å². The average Bonchev–Trinajstić information content (AvgIpc) is 2.72. The zero-order valence-electron chi connectivity index (χ0n) is 17.9. The molecule has 1 fully saturated rings. The van der Waals surface area contributed by atoms with Crippen molar-refractivity contribution in [3.63, 3.8) is 0 Å². The molecule has 0 radical (unpaired) electrons. The minimum Gasteiger partial charge on any atom is -0.358 e. The summed E-state index contributed by atoms with van der Waals surface area (Å²) in [6.45, 7) is 4.88. The summed E-state index contributed by atoms with van der Waals surface area (Å²) < 4.78 is 27.6. The number of hydrogen-bond donors (Lipinski definition) is 0. The number of rotatable bonds is 6. The van der Waals surface area contributed by atoms with Gasteiger partial charge in [-0.2, -0.15) is 4.31 Å². The number of hydrogen-bond acceptors (Lipinski definition) is 6. The first-order valence-corrected chi connectivity index (χ1v) is 11.6. The lowest BCUT2D eigenvalue weighted by Crippen LogP contribution is -2.52. The fraction of sp³-hybridized carbons (Fsp3) is 0.550. The summed E-state index contributed by atoms with van der Waals surface area (Å²) in [7, 11) is 0.216. The number of aromatic nitrogens is 2. The van der Waals surface area contributed by atoms with Crippen LogP contribution in [0.5, 0.6) is 0 Å². The third kappa shape index (κ3) is 4.34. The lowest BCUT2D eigenvalue weighted by Gasteiger charge is -2.35. The summed E-state index contributed by atoms with van der Waals surface area (Å²) in [4.78, 5) is 33.4. The predicted molar refractivity (Wildman–Crippen MR) is 117 cm³/mol. The zero-order chi connectivity index (χ0) is 22.1. The van der Waals surface area contributed by atoms with Crippen molar-refractivity contribution < 1.29 is 13.2 Å². The van der Waals surface area contributed by atoms with Gasteiger partial charge in [0, 0.05) is 53.2 Å². The van der Waals surface area contributed by atoms with E-state index in [1.807, 2.05) is 24.3 Å². The monoisotopic (exact) mass is 435 g/mol. The molecule has 30 heavy (non-hydrogen) atoms. The number of benzene rings is 1. The van der Waals surface area contributed by atoms with Crippen LogP contribution >= 0.6 is 0 Å². The molecule has 1 aromatic carbocycles. The highest BCUT2D eigenvalue weighted by atomic mass is 32.2. The van der Waals surface area contributed by atoms with Crippen LogP contribution in [0.15, 0.2) is 29.1 Å². The number of carbonyl (C=O) groups is 1. The maximum atomic E-state index is 12.9. The minimum atomic E-state index is -3.31. The van der Waals surface area contributed by atoms with Gasteiger partial charge in [0.2, 0.25) is 15.9 Å². The van der Waals surface area contributed by atoms with E-state index < -0.39 is 15.3 Å². The number of carbonyl (C=O) groups excluding carboxylic acids is 1. The summed E-state index contributed by atoms with van der Waals surface area (Å²) in [5.41, 5.74) is 1.15. The zero-order valence-corrected chi connectivity index (χ0v) is 18.7. The van der Waals surface area contributed by atoms with Gasteiger partial charge in [-0.3, -0.25) is 9.59 Å². The molecule has 3 rings (SSSR count). The van der Waals surface area contributed by atoms with Crippen molar-refractivity contribution in [2.75, 3.05) is 45.2 Å². The number of fused-ring (bicyclic) bond motifs is 1. The molecule has 0 bridgehead atoms. The van der Waals surface area contributed by atoms with Crippen LogP contribution in [0, 0.1) is 0 Å². The summed E-state index contributed by atoms with van der Waals surface area (Å²) in [5, 5.41) is -0.475. The number of nitrogens with zero attached hydrogens (tertiary/aromatic N) is 5. The standard InChI is InChI=1S/C20H29N5O4S/c1-15(2)30(28,29)24-13-11-23(12-14-24)18(26)9-10-25-17-8-6-5-7-16(17)21-19(20(25)27)22(3)4/h5-8,15H,9-14H2,1-4H3. The predicted octanol–water partition coefficient (Wildman–Crippen LogP) is 0.735.